The van der Waals surface area contributed by atoms with Gasteiger partial charge in [-0.05, 0) is 23.3 Å². The predicted molar refractivity (Wildman–Crippen MR) is 130 cm³/mol. The summed E-state index contributed by atoms with van der Waals surface area (Å²) in [4.78, 5) is 8.25. The van der Waals surface area contributed by atoms with Crippen molar-refractivity contribution in [3.05, 3.63) is 59.9 Å². The van der Waals surface area contributed by atoms with Gasteiger partial charge in [0.2, 0.25) is 0 Å². The number of benzene rings is 1. The van der Waals surface area contributed by atoms with Crippen molar-refractivity contribution in [3.63, 3.8) is 0 Å². The van der Waals surface area contributed by atoms with Crippen LogP contribution in [0, 0.1) is 0 Å². The Morgan fingerprint density at radius 2 is 1.80 bits per heavy atom. The second-order valence-electron chi connectivity index (χ2n) is 7.99. The van der Waals surface area contributed by atoms with E-state index in [2.05, 4.69) is 102 Å². The Labute approximate surface area is 185 Å². The zero-order chi connectivity index (χ0) is 21.2. The van der Waals surface area contributed by atoms with Gasteiger partial charge in [-0.3, -0.25) is 4.99 Å². The third-order valence-corrected chi connectivity index (χ3v) is 6.05. The molecule has 0 unspecified atom stereocenters. The van der Waals surface area contributed by atoms with Gasteiger partial charge in [0.05, 0.1) is 32.9 Å². The van der Waals surface area contributed by atoms with Gasteiger partial charge in [-0.1, -0.05) is 36.0 Å². The number of anilines is 1. The van der Waals surface area contributed by atoms with Gasteiger partial charge >= 0.3 is 0 Å². The summed E-state index contributed by atoms with van der Waals surface area (Å²) in [5.41, 5.74) is 3.72. The molecule has 0 atom stereocenters. The van der Waals surface area contributed by atoms with Crippen LogP contribution in [0.5, 0.6) is 0 Å². The van der Waals surface area contributed by atoms with Crippen LogP contribution in [0.2, 0.25) is 0 Å². The van der Waals surface area contributed by atoms with Gasteiger partial charge in [0, 0.05) is 44.4 Å². The second-order valence-corrected chi connectivity index (χ2v) is 9.07. The normalized spacial score (nSPS) is 13.7. The van der Waals surface area contributed by atoms with E-state index >= 15 is 0 Å². The molecule has 0 aliphatic carbocycles. The van der Waals surface area contributed by atoms with E-state index in [0.29, 0.717) is 0 Å². The molecule has 0 radical (unpaired) electrons. The van der Waals surface area contributed by atoms with Crippen molar-refractivity contribution in [2.45, 2.75) is 13.0 Å². The summed E-state index contributed by atoms with van der Waals surface area (Å²) in [7, 11) is 6.58. The SMILES string of the molecule is CN(CCC[NH+](C)C)c1ccc(/C=C/c2cc[n+](CCSC3=NCCN3)cc2)cc1. The van der Waals surface area contributed by atoms with Crippen LogP contribution in [0.15, 0.2) is 53.8 Å². The molecule has 0 fully saturated rings. The molecule has 0 amide bonds. The highest BCUT2D eigenvalue weighted by molar-refractivity contribution is 8.13. The number of quaternary nitrogens is 1. The smallest absolute Gasteiger partial charge is 0.169 e. The standard InChI is InChI=1S/C24H34N5S/c1-27(2)15-4-16-28(3)23-9-7-21(8-10-23)5-6-22-11-17-29(18-12-22)19-20-30-24-25-13-14-26-24/h5-12,17-18H,4,13-16,19-20H2,1-3H3,(H,25,26)/q+1/p+1. The van der Waals surface area contributed by atoms with Gasteiger partial charge in [0.25, 0.3) is 0 Å². The monoisotopic (exact) mass is 425 g/mol. The molecule has 3 rings (SSSR count). The molecule has 5 nitrogen and oxygen atoms in total. The van der Waals surface area contributed by atoms with E-state index in [9.17, 15) is 0 Å². The van der Waals surface area contributed by atoms with Crippen molar-refractivity contribution >= 4 is 34.8 Å². The number of rotatable bonds is 10. The topological polar surface area (TPSA) is 36.0 Å². The molecule has 2 aromatic rings. The summed E-state index contributed by atoms with van der Waals surface area (Å²) in [5, 5.41) is 4.38. The maximum absolute atomic E-state index is 4.41. The lowest BCUT2D eigenvalue weighted by atomic mass is 10.1. The van der Waals surface area contributed by atoms with Crippen LogP contribution in [0.4, 0.5) is 5.69 Å². The number of aliphatic imine (C=N–C) groups is 1. The number of hydrogen-bond acceptors (Lipinski definition) is 4. The largest absolute Gasteiger partial charge is 0.374 e. The molecule has 2 N–H and O–H groups in total. The quantitative estimate of drug-likeness (QED) is 0.570. The Morgan fingerprint density at radius 3 is 2.43 bits per heavy atom. The number of thioether (sulfide) groups is 1. The second kappa shape index (κ2) is 11.8. The average molecular weight is 426 g/mol. The molecule has 1 aliphatic heterocycles. The lowest BCUT2D eigenvalue weighted by Gasteiger charge is -2.19. The van der Waals surface area contributed by atoms with Gasteiger partial charge in [0.1, 0.15) is 0 Å². The van der Waals surface area contributed by atoms with E-state index in [0.717, 1.165) is 37.1 Å². The summed E-state index contributed by atoms with van der Waals surface area (Å²) in [6.45, 7) is 5.17. The number of amidine groups is 1. The van der Waals surface area contributed by atoms with Gasteiger partial charge in [-0.15, -0.1) is 0 Å². The van der Waals surface area contributed by atoms with E-state index in [1.165, 1.54) is 34.7 Å². The fourth-order valence-electron chi connectivity index (χ4n) is 3.28. The molecule has 0 bridgehead atoms. The molecule has 1 aromatic carbocycles. The first-order chi connectivity index (χ1) is 14.6. The van der Waals surface area contributed by atoms with Crippen molar-refractivity contribution in [1.29, 1.82) is 0 Å². The fraction of sp³-hybridized carbons (Fsp3) is 0.417. The van der Waals surface area contributed by atoms with Crippen molar-refractivity contribution in [3.8, 4) is 0 Å². The highest BCUT2D eigenvalue weighted by Gasteiger charge is 2.07. The first kappa shape index (κ1) is 22.4. The van der Waals surface area contributed by atoms with Crippen LogP contribution in [0.25, 0.3) is 12.2 Å². The molecular formula is C24H35N5S+2. The highest BCUT2D eigenvalue weighted by Crippen LogP contribution is 2.16. The zero-order valence-corrected chi connectivity index (χ0v) is 19.3. The Morgan fingerprint density at radius 1 is 1.10 bits per heavy atom. The molecule has 30 heavy (non-hydrogen) atoms. The van der Waals surface area contributed by atoms with E-state index in [-0.39, 0.29) is 0 Å². The van der Waals surface area contributed by atoms with Gasteiger partial charge in [-0.25, -0.2) is 4.57 Å². The average Bonchev–Trinajstić information content (AvgIpc) is 3.27. The third kappa shape index (κ3) is 7.50. The van der Waals surface area contributed by atoms with Crippen molar-refractivity contribution in [1.82, 2.24) is 5.32 Å². The maximum atomic E-state index is 4.41. The Hall–Kier alpha value is -2.31. The van der Waals surface area contributed by atoms with E-state index in [1.807, 2.05) is 0 Å². The first-order valence-corrected chi connectivity index (χ1v) is 11.8. The first-order valence-electron chi connectivity index (χ1n) is 10.8. The molecule has 1 aromatic heterocycles. The van der Waals surface area contributed by atoms with Crippen LogP contribution in [-0.2, 0) is 6.54 Å². The molecule has 1 aliphatic rings. The lowest BCUT2D eigenvalue weighted by molar-refractivity contribution is -0.858. The predicted octanol–water partition coefficient (Wildman–Crippen LogP) is 1.81. The Balaban J connectivity index is 1.45. The number of aryl methyl sites for hydroxylation is 1. The minimum Gasteiger partial charge on any atom is -0.374 e. The summed E-state index contributed by atoms with van der Waals surface area (Å²) >= 11 is 1.80. The van der Waals surface area contributed by atoms with E-state index < -0.39 is 0 Å². The van der Waals surface area contributed by atoms with Crippen molar-refractivity contribution in [2.75, 3.05) is 58.0 Å². The lowest BCUT2D eigenvalue weighted by Crippen LogP contribution is -3.05. The molecule has 0 spiro atoms. The number of pyridine rings is 1. The third-order valence-electron chi connectivity index (χ3n) is 5.12. The molecular weight excluding hydrogens is 390 g/mol. The Bertz CT molecular complexity index is 828. The van der Waals surface area contributed by atoms with Gasteiger partial charge < -0.3 is 15.1 Å². The molecule has 0 saturated carbocycles. The molecule has 2 heterocycles. The Kier molecular flexibility index (Phi) is 8.78. The highest BCUT2D eigenvalue weighted by atomic mass is 32.2. The van der Waals surface area contributed by atoms with Crippen molar-refractivity contribution < 1.29 is 9.47 Å². The van der Waals surface area contributed by atoms with Gasteiger partial charge in [0.15, 0.2) is 24.1 Å². The van der Waals surface area contributed by atoms with Gasteiger partial charge in [-0.2, -0.15) is 0 Å². The molecule has 160 valence electrons. The molecule has 0 saturated heterocycles. The summed E-state index contributed by atoms with van der Waals surface area (Å²) < 4.78 is 2.22. The van der Waals surface area contributed by atoms with Crippen LogP contribution in [0.1, 0.15) is 17.5 Å². The summed E-state index contributed by atoms with van der Waals surface area (Å²) in [6, 6.07) is 13.1. The van der Waals surface area contributed by atoms with Crippen LogP contribution >= 0.6 is 11.8 Å². The van der Waals surface area contributed by atoms with Crippen LogP contribution in [-0.4, -0.2) is 58.2 Å². The fourth-order valence-corrected chi connectivity index (χ4v) is 4.16. The summed E-state index contributed by atoms with van der Waals surface area (Å²) in [5.74, 6) is 1.03. The number of hydrogen-bond donors (Lipinski definition) is 2. The maximum Gasteiger partial charge on any atom is 0.169 e. The zero-order valence-electron chi connectivity index (χ0n) is 18.5. The van der Waals surface area contributed by atoms with Crippen molar-refractivity contribution in [2.24, 2.45) is 4.99 Å². The van der Waals surface area contributed by atoms with Crippen LogP contribution < -0.4 is 19.7 Å². The van der Waals surface area contributed by atoms with Crippen LogP contribution in [0.3, 0.4) is 0 Å². The minimum atomic E-state index is 0.910. The number of nitrogens with zero attached hydrogens (tertiary/aromatic N) is 3. The minimum absolute atomic E-state index is 0.910. The number of nitrogens with one attached hydrogen (secondary N) is 2. The van der Waals surface area contributed by atoms with E-state index in [1.54, 1.807) is 11.8 Å². The number of aromatic nitrogens is 1. The molecule has 6 heteroatoms. The van der Waals surface area contributed by atoms with E-state index in [4.69, 9.17) is 0 Å². The summed E-state index contributed by atoms with van der Waals surface area (Å²) in [6.07, 6.45) is 9.86.